The summed E-state index contributed by atoms with van der Waals surface area (Å²) in [7, 11) is 0. The van der Waals surface area contributed by atoms with Gasteiger partial charge < -0.3 is 20.8 Å². The number of carbonyl (C=O) groups is 1. The fraction of sp³-hybridized carbons (Fsp3) is 0.263. The number of aliphatic imine (C=N–C) groups is 1. The van der Waals surface area contributed by atoms with E-state index in [1.165, 1.54) is 10.9 Å². The number of hydrogen-bond donors (Lipinski definition) is 2. The Bertz CT molecular complexity index is 980. The fourth-order valence-electron chi connectivity index (χ4n) is 3.65. The number of amides is 1. The quantitative estimate of drug-likeness (QED) is 0.555. The molecule has 1 aliphatic rings. The van der Waals surface area contributed by atoms with Crippen LogP contribution in [0.15, 0.2) is 47.5 Å². The first-order valence-corrected chi connectivity index (χ1v) is 8.39. The van der Waals surface area contributed by atoms with Gasteiger partial charge in [-0.3, -0.25) is 4.79 Å². The predicted octanol–water partition coefficient (Wildman–Crippen LogP) is 2.56. The zero-order valence-electron chi connectivity index (χ0n) is 13.8. The summed E-state index contributed by atoms with van der Waals surface area (Å²) < 4.78 is 7.85. The number of nitrogens with zero attached hydrogens (tertiary/aromatic N) is 2. The molecule has 2 heterocycles. The standard InChI is InChI=1S/C19H20N4O2/c20-19(21)22-18(24)12-5-6-15-14-3-1-2-4-16(14)23(17(15)11-12)13-7-9-25-10-8-13/h1-6,11,13H,7-10H2,(H4,20,21,22,24). The minimum Gasteiger partial charge on any atom is -0.381 e. The van der Waals surface area contributed by atoms with E-state index < -0.39 is 5.91 Å². The highest BCUT2D eigenvalue weighted by Gasteiger charge is 2.21. The molecule has 3 aromatic rings. The molecule has 1 fully saturated rings. The van der Waals surface area contributed by atoms with Gasteiger partial charge in [-0.15, -0.1) is 0 Å². The lowest BCUT2D eigenvalue weighted by molar-refractivity contribution is 0.0717. The summed E-state index contributed by atoms with van der Waals surface area (Å²) in [6.45, 7) is 1.51. The van der Waals surface area contributed by atoms with Gasteiger partial charge in [-0.25, -0.2) is 0 Å². The number of guanidine groups is 1. The van der Waals surface area contributed by atoms with Crippen molar-refractivity contribution in [1.82, 2.24) is 4.57 Å². The maximum absolute atomic E-state index is 12.2. The van der Waals surface area contributed by atoms with Gasteiger partial charge in [0.05, 0.1) is 5.52 Å². The highest BCUT2D eigenvalue weighted by molar-refractivity contribution is 6.11. The van der Waals surface area contributed by atoms with E-state index in [0.29, 0.717) is 11.6 Å². The fourth-order valence-corrected chi connectivity index (χ4v) is 3.65. The third-order valence-corrected chi connectivity index (χ3v) is 4.74. The number of ether oxygens (including phenoxy) is 1. The molecule has 0 atom stereocenters. The van der Waals surface area contributed by atoms with E-state index in [1.807, 2.05) is 24.3 Å². The molecule has 0 radical (unpaired) electrons. The van der Waals surface area contributed by atoms with Crippen molar-refractivity contribution in [3.63, 3.8) is 0 Å². The minimum absolute atomic E-state index is 0.227. The number of para-hydroxylation sites is 1. The molecule has 0 bridgehead atoms. The maximum atomic E-state index is 12.2. The van der Waals surface area contributed by atoms with Crippen molar-refractivity contribution in [2.75, 3.05) is 13.2 Å². The van der Waals surface area contributed by atoms with Crippen LogP contribution in [0.3, 0.4) is 0 Å². The second-order valence-electron chi connectivity index (χ2n) is 6.30. The summed E-state index contributed by atoms with van der Waals surface area (Å²) in [6.07, 6.45) is 1.92. The van der Waals surface area contributed by atoms with Crippen molar-refractivity contribution in [2.45, 2.75) is 18.9 Å². The Labute approximate surface area is 145 Å². The average molecular weight is 336 g/mol. The van der Waals surface area contributed by atoms with Crippen LogP contribution in [0, 0.1) is 0 Å². The van der Waals surface area contributed by atoms with Gasteiger partial charge in [-0.05, 0) is 31.0 Å². The summed E-state index contributed by atoms with van der Waals surface area (Å²) in [5.41, 5.74) is 13.4. The monoisotopic (exact) mass is 336 g/mol. The molecule has 1 amide bonds. The summed E-state index contributed by atoms with van der Waals surface area (Å²) in [4.78, 5) is 15.9. The molecule has 1 aliphatic heterocycles. The predicted molar refractivity (Wildman–Crippen MR) is 98.7 cm³/mol. The Morgan fingerprint density at radius 3 is 2.52 bits per heavy atom. The van der Waals surface area contributed by atoms with Gasteiger partial charge in [0.1, 0.15) is 0 Å². The number of rotatable bonds is 2. The lowest BCUT2D eigenvalue weighted by Gasteiger charge is -2.25. The minimum atomic E-state index is -0.425. The van der Waals surface area contributed by atoms with Gasteiger partial charge >= 0.3 is 0 Å². The van der Waals surface area contributed by atoms with E-state index in [0.717, 1.165) is 37.0 Å². The molecule has 1 aromatic heterocycles. The largest absolute Gasteiger partial charge is 0.381 e. The SMILES string of the molecule is NC(N)=NC(=O)c1ccc2c3ccccc3n(C3CCOCC3)c2c1. The molecule has 4 N–H and O–H groups in total. The van der Waals surface area contributed by atoms with Crippen LogP contribution >= 0.6 is 0 Å². The van der Waals surface area contributed by atoms with E-state index in [4.69, 9.17) is 16.2 Å². The smallest absolute Gasteiger partial charge is 0.280 e. The highest BCUT2D eigenvalue weighted by atomic mass is 16.5. The van der Waals surface area contributed by atoms with Gasteiger partial charge in [-0.2, -0.15) is 4.99 Å². The first-order chi connectivity index (χ1) is 12.1. The summed E-state index contributed by atoms with van der Waals surface area (Å²) >= 11 is 0. The molecular formula is C19H20N4O2. The Balaban J connectivity index is 1.95. The number of fused-ring (bicyclic) bond motifs is 3. The number of hydrogen-bond acceptors (Lipinski definition) is 2. The van der Waals surface area contributed by atoms with Crippen LogP contribution < -0.4 is 11.5 Å². The molecule has 1 saturated heterocycles. The second-order valence-corrected chi connectivity index (χ2v) is 6.30. The molecule has 25 heavy (non-hydrogen) atoms. The Hall–Kier alpha value is -2.86. The molecule has 0 unspecified atom stereocenters. The summed E-state index contributed by atoms with van der Waals surface area (Å²) in [5, 5.41) is 2.31. The molecule has 6 nitrogen and oxygen atoms in total. The normalized spacial score (nSPS) is 15.5. The van der Waals surface area contributed by atoms with Gasteiger partial charge in [-0.1, -0.05) is 24.3 Å². The lowest BCUT2D eigenvalue weighted by Crippen LogP contribution is -2.24. The van der Waals surface area contributed by atoms with Gasteiger partial charge in [0.15, 0.2) is 5.96 Å². The number of nitrogens with two attached hydrogens (primary N) is 2. The molecular weight excluding hydrogens is 316 g/mol. The van der Waals surface area contributed by atoms with Crippen molar-refractivity contribution in [3.8, 4) is 0 Å². The summed E-state index contributed by atoms with van der Waals surface area (Å²) in [5.74, 6) is -0.652. The van der Waals surface area contributed by atoms with Crippen molar-refractivity contribution < 1.29 is 9.53 Å². The van der Waals surface area contributed by atoms with Gasteiger partial charge in [0.2, 0.25) is 0 Å². The number of carbonyl (C=O) groups excluding carboxylic acids is 1. The zero-order valence-corrected chi connectivity index (χ0v) is 13.8. The maximum Gasteiger partial charge on any atom is 0.280 e. The van der Waals surface area contributed by atoms with E-state index >= 15 is 0 Å². The molecule has 128 valence electrons. The van der Waals surface area contributed by atoms with Crippen LogP contribution in [0.25, 0.3) is 21.8 Å². The van der Waals surface area contributed by atoms with Crippen LogP contribution in [0.5, 0.6) is 0 Å². The topological polar surface area (TPSA) is 95.6 Å². The van der Waals surface area contributed by atoms with Crippen LogP contribution in [0.4, 0.5) is 0 Å². The molecule has 0 spiro atoms. The molecule has 2 aromatic carbocycles. The third kappa shape index (κ3) is 2.74. The first kappa shape index (κ1) is 15.7. The Morgan fingerprint density at radius 1 is 1.04 bits per heavy atom. The molecule has 0 aliphatic carbocycles. The van der Waals surface area contributed by atoms with Gasteiger partial charge in [0, 0.05) is 41.1 Å². The highest BCUT2D eigenvalue weighted by Crippen LogP contribution is 2.35. The van der Waals surface area contributed by atoms with Crippen LogP contribution in [-0.4, -0.2) is 29.6 Å². The van der Waals surface area contributed by atoms with Crippen LogP contribution in [0.1, 0.15) is 29.2 Å². The second kappa shape index (κ2) is 6.22. The Kier molecular flexibility index (Phi) is 3.89. The van der Waals surface area contributed by atoms with E-state index in [9.17, 15) is 4.79 Å². The van der Waals surface area contributed by atoms with Crippen LogP contribution in [-0.2, 0) is 4.74 Å². The molecule has 6 heteroatoms. The zero-order chi connectivity index (χ0) is 17.4. The van der Waals surface area contributed by atoms with E-state index in [1.54, 1.807) is 6.07 Å². The van der Waals surface area contributed by atoms with Gasteiger partial charge in [0.25, 0.3) is 5.91 Å². The Morgan fingerprint density at radius 2 is 1.76 bits per heavy atom. The van der Waals surface area contributed by atoms with Crippen molar-refractivity contribution in [2.24, 2.45) is 16.5 Å². The van der Waals surface area contributed by atoms with Crippen molar-refractivity contribution >= 4 is 33.7 Å². The van der Waals surface area contributed by atoms with E-state index in [2.05, 4.69) is 21.7 Å². The molecule has 0 saturated carbocycles. The third-order valence-electron chi connectivity index (χ3n) is 4.74. The van der Waals surface area contributed by atoms with E-state index in [-0.39, 0.29) is 5.96 Å². The van der Waals surface area contributed by atoms with Crippen molar-refractivity contribution in [3.05, 3.63) is 48.0 Å². The summed E-state index contributed by atoms with van der Waals surface area (Å²) in [6, 6.07) is 14.3. The number of aromatic nitrogens is 1. The average Bonchev–Trinajstić information content (AvgIpc) is 2.95. The lowest BCUT2D eigenvalue weighted by atomic mass is 10.1. The molecule has 4 rings (SSSR count). The van der Waals surface area contributed by atoms with Crippen molar-refractivity contribution in [1.29, 1.82) is 0 Å². The number of benzene rings is 2. The van der Waals surface area contributed by atoms with Crippen LogP contribution in [0.2, 0.25) is 0 Å². The first-order valence-electron chi connectivity index (χ1n) is 8.39.